The molecule has 8 nitrogen and oxygen atoms in total. The van der Waals surface area contributed by atoms with Gasteiger partial charge >= 0.3 is 0 Å². The lowest BCUT2D eigenvalue weighted by molar-refractivity contribution is -0.126. The van der Waals surface area contributed by atoms with Gasteiger partial charge in [0.1, 0.15) is 5.75 Å². The van der Waals surface area contributed by atoms with Crippen molar-refractivity contribution >= 4 is 34.7 Å². The maximum Gasteiger partial charge on any atom is 0.239 e. The van der Waals surface area contributed by atoms with E-state index in [0.29, 0.717) is 24.7 Å². The molecule has 0 atom stereocenters. The summed E-state index contributed by atoms with van der Waals surface area (Å²) in [5, 5.41) is 6.79. The number of amides is 3. The molecule has 2 aromatic carbocycles. The SMILES string of the molecule is COc1ccc(C2CCC(=CN(C(=O)C3CCC(NC(=O)CNC(C)=O)CC3)c3cccc(-c4cnc(C5CC5)s4)c3)CC2)cc1C. The van der Waals surface area contributed by atoms with Gasteiger partial charge in [-0.15, -0.1) is 11.3 Å². The fourth-order valence-corrected chi connectivity index (χ4v) is 8.05. The van der Waals surface area contributed by atoms with Crippen LogP contribution in [0.4, 0.5) is 5.69 Å². The van der Waals surface area contributed by atoms with E-state index in [9.17, 15) is 14.4 Å². The number of aromatic nitrogens is 1. The highest BCUT2D eigenvalue weighted by Gasteiger charge is 2.32. The maximum absolute atomic E-state index is 14.3. The zero-order valence-corrected chi connectivity index (χ0v) is 28.5. The molecule has 1 heterocycles. The Morgan fingerprint density at radius 3 is 2.43 bits per heavy atom. The minimum absolute atomic E-state index is 0.0132. The molecule has 6 rings (SSSR count). The van der Waals surface area contributed by atoms with Gasteiger partial charge in [0.25, 0.3) is 0 Å². The van der Waals surface area contributed by atoms with E-state index in [1.54, 1.807) is 18.4 Å². The Morgan fingerprint density at radius 1 is 0.979 bits per heavy atom. The Bertz CT molecular complexity index is 1630. The number of thiazole rings is 1. The van der Waals surface area contributed by atoms with Crippen LogP contribution in [0.2, 0.25) is 0 Å². The molecule has 9 heteroatoms. The molecule has 47 heavy (non-hydrogen) atoms. The molecule has 3 amide bonds. The molecule has 1 aromatic heterocycles. The van der Waals surface area contributed by atoms with Crippen LogP contribution in [-0.4, -0.2) is 42.4 Å². The quantitative estimate of drug-likeness (QED) is 0.238. The van der Waals surface area contributed by atoms with Crippen molar-refractivity contribution in [1.29, 1.82) is 0 Å². The fourth-order valence-electron chi connectivity index (χ4n) is 6.97. The summed E-state index contributed by atoms with van der Waals surface area (Å²) in [6.45, 7) is 3.48. The van der Waals surface area contributed by atoms with Crippen LogP contribution >= 0.6 is 11.3 Å². The number of rotatable bonds is 10. The summed E-state index contributed by atoms with van der Waals surface area (Å²) < 4.78 is 5.47. The van der Waals surface area contributed by atoms with Crippen LogP contribution in [0.1, 0.15) is 99.1 Å². The first-order valence-electron chi connectivity index (χ1n) is 17.0. The first-order chi connectivity index (χ1) is 22.8. The number of nitrogens with one attached hydrogen (secondary N) is 2. The van der Waals surface area contributed by atoms with Crippen molar-refractivity contribution in [3.05, 3.63) is 76.6 Å². The van der Waals surface area contributed by atoms with Crippen LogP contribution in [-0.2, 0) is 14.4 Å². The molecule has 3 aromatic rings. The number of nitrogens with zero attached hydrogens (tertiary/aromatic N) is 2. The lowest BCUT2D eigenvalue weighted by atomic mass is 9.81. The van der Waals surface area contributed by atoms with Gasteiger partial charge in [-0.25, -0.2) is 4.98 Å². The number of carbonyl (C=O) groups is 3. The van der Waals surface area contributed by atoms with E-state index >= 15 is 0 Å². The number of benzene rings is 2. The Hall–Kier alpha value is -3.98. The molecule has 0 aliphatic heterocycles. The highest BCUT2D eigenvalue weighted by Crippen LogP contribution is 2.44. The summed E-state index contributed by atoms with van der Waals surface area (Å²) in [6.07, 6.45) is 13.4. The highest BCUT2D eigenvalue weighted by atomic mass is 32.1. The molecule has 0 unspecified atom stereocenters. The van der Waals surface area contributed by atoms with E-state index in [2.05, 4.69) is 54.1 Å². The van der Waals surface area contributed by atoms with Crippen molar-refractivity contribution in [2.45, 2.75) is 95.9 Å². The summed E-state index contributed by atoms with van der Waals surface area (Å²) in [4.78, 5) is 45.5. The Balaban J connectivity index is 1.18. The van der Waals surface area contributed by atoms with Crippen LogP contribution in [0.3, 0.4) is 0 Å². The second kappa shape index (κ2) is 14.8. The van der Waals surface area contributed by atoms with Gasteiger partial charge < -0.3 is 15.4 Å². The van der Waals surface area contributed by atoms with Gasteiger partial charge in [-0.3, -0.25) is 19.3 Å². The van der Waals surface area contributed by atoms with Crippen molar-refractivity contribution in [2.75, 3.05) is 18.6 Å². The molecule has 2 N–H and O–H groups in total. The second-order valence-electron chi connectivity index (χ2n) is 13.4. The normalized spacial score (nSPS) is 21.1. The Kier molecular flexibility index (Phi) is 10.4. The van der Waals surface area contributed by atoms with Gasteiger partial charge in [0.05, 0.1) is 23.5 Å². The van der Waals surface area contributed by atoms with Gasteiger partial charge in [-0.1, -0.05) is 29.8 Å². The van der Waals surface area contributed by atoms with Crippen LogP contribution in [0.15, 0.2) is 60.4 Å². The standard InChI is InChI=1S/C38H46N4O4S/c1-24-19-30(15-18-34(24)46-3)27-9-7-26(8-10-27)23-42(33-6-4-5-31(20-33)35-21-40-37(47-35)28-11-12-28)38(45)29-13-16-32(17-14-29)41-36(44)22-39-25(2)43/h4-6,15,18-21,23,27-29,32H,7-14,16-17,22H2,1-3H3,(H,39,43)(H,41,44). The molecule has 248 valence electrons. The van der Waals surface area contributed by atoms with E-state index in [4.69, 9.17) is 9.72 Å². The van der Waals surface area contributed by atoms with Crippen molar-refractivity contribution in [1.82, 2.24) is 15.6 Å². The van der Waals surface area contributed by atoms with Crippen LogP contribution < -0.4 is 20.3 Å². The van der Waals surface area contributed by atoms with E-state index in [1.807, 2.05) is 23.2 Å². The number of allylic oxidation sites excluding steroid dienone is 1. The van der Waals surface area contributed by atoms with E-state index < -0.39 is 0 Å². The Morgan fingerprint density at radius 2 is 1.74 bits per heavy atom. The lowest BCUT2D eigenvalue weighted by Crippen LogP contribution is -2.44. The van der Waals surface area contributed by atoms with Crippen molar-refractivity contribution in [3.8, 4) is 16.2 Å². The molecule has 3 aliphatic rings. The fraction of sp³-hybridized carbons (Fsp3) is 0.474. The third-order valence-corrected chi connectivity index (χ3v) is 11.1. The predicted octanol–water partition coefficient (Wildman–Crippen LogP) is 7.39. The van der Waals surface area contributed by atoms with E-state index in [-0.39, 0.29) is 36.2 Å². The molecule has 0 spiro atoms. The smallest absolute Gasteiger partial charge is 0.239 e. The third kappa shape index (κ3) is 8.30. The lowest BCUT2D eigenvalue weighted by Gasteiger charge is -2.32. The zero-order valence-electron chi connectivity index (χ0n) is 27.7. The number of carbonyl (C=O) groups excluding carboxylic acids is 3. The van der Waals surface area contributed by atoms with Crippen molar-refractivity contribution in [3.63, 3.8) is 0 Å². The summed E-state index contributed by atoms with van der Waals surface area (Å²) in [7, 11) is 1.71. The summed E-state index contributed by atoms with van der Waals surface area (Å²) in [5.74, 6) is 1.61. The van der Waals surface area contributed by atoms with Gasteiger partial charge in [0.15, 0.2) is 0 Å². The van der Waals surface area contributed by atoms with E-state index in [0.717, 1.165) is 66.0 Å². The van der Waals surface area contributed by atoms with Gasteiger partial charge in [0.2, 0.25) is 17.7 Å². The molecule has 0 saturated heterocycles. The number of anilines is 1. The Labute approximate surface area is 282 Å². The molecule has 0 bridgehead atoms. The number of hydrogen-bond donors (Lipinski definition) is 2. The van der Waals surface area contributed by atoms with Gasteiger partial charge in [0, 0.05) is 42.9 Å². The number of methoxy groups -OCH3 is 1. The van der Waals surface area contributed by atoms with Crippen molar-refractivity contribution in [2.24, 2.45) is 5.92 Å². The molecule has 3 aliphatic carbocycles. The first-order valence-corrected chi connectivity index (χ1v) is 17.9. The van der Waals surface area contributed by atoms with Crippen molar-refractivity contribution < 1.29 is 19.1 Å². The zero-order chi connectivity index (χ0) is 32.9. The molecule has 3 saturated carbocycles. The molecule has 0 radical (unpaired) electrons. The largest absolute Gasteiger partial charge is 0.496 e. The monoisotopic (exact) mass is 654 g/mol. The average Bonchev–Trinajstić information content (AvgIpc) is 3.82. The van der Waals surface area contributed by atoms with Crippen LogP contribution in [0, 0.1) is 12.8 Å². The minimum atomic E-state index is -0.226. The number of hydrogen-bond acceptors (Lipinski definition) is 6. The molecular formula is C38H46N4O4S. The summed E-state index contributed by atoms with van der Waals surface area (Å²) in [6, 6.07) is 14.9. The minimum Gasteiger partial charge on any atom is -0.496 e. The molecule has 3 fully saturated rings. The second-order valence-corrected chi connectivity index (χ2v) is 14.5. The predicted molar refractivity (Wildman–Crippen MR) is 187 cm³/mol. The van der Waals surface area contributed by atoms with Crippen LogP contribution in [0.5, 0.6) is 5.75 Å². The number of ether oxygens (including phenoxy) is 1. The molecular weight excluding hydrogens is 609 g/mol. The summed E-state index contributed by atoms with van der Waals surface area (Å²) >= 11 is 1.76. The van der Waals surface area contributed by atoms with Gasteiger partial charge in [-0.2, -0.15) is 0 Å². The number of aryl methyl sites for hydroxylation is 1. The van der Waals surface area contributed by atoms with Gasteiger partial charge in [-0.05, 0) is 112 Å². The highest BCUT2D eigenvalue weighted by molar-refractivity contribution is 7.15. The topological polar surface area (TPSA) is 101 Å². The maximum atomic E-state index is 14.3. The first kappa shape index (κ1) is 32.9. The third-order valence-electron chi connectivity index (χ3n) is 9.87. The average molecular weight is 655 g/mol. The van der Waals surface area contributed by atoms with E-state index in [1.165, 1.54) is 35.9 Å². The summed E-state index contributed by atoms with van der Waals surface area (Å²) in [5.41, 5.74) is 5.81. The van der Waals surface area contributed by atoms with Crippen LogP contribution in [0.25, 0.3) is 10.4 Å².